The molecule has 0 saturated heterocycles. The standard InChI is InChI=1S/C12H16INO2/c1-9-5-4-6-10(11(9)15)12(16)14-8-3-2-7-13/h4-6,15H,2-3,7-8H2,1H3,(H,14,16). The van der Waals surface area contributed by atoms with E-state index < -0.39 is 0 Å². The average Bonchev–Trinajstić information content (AvgIpc) is 2.28. The van der Waals surface area contributed by atoms with Crippen LogP contribution in [-0.2, 0) is 0 Å². The molecular formula is C12H16INO2. The number of alkyl halides is 1. The van der Waals surface area contributed by atoms with Gasteiger partial charge in [0.25, 0.3) is 5.91 Å². The summed E-state index contributed by atoms with van der Waals surface area (Å²) in [7, 11) is 0. The number of phenols is 1. The zero-order chi connectivity index (χ0) is 12.0. The lowest BCUT2D eigenvalue weighted by Crippen LogP contribution is -2.24. The average molecular weight is 333 g/mol. The van der Waals surface area contributed by atoms with Crippen LogP contribution in [0, 0.1) is 6.92 Å². The molecule has 0 aliphatic heterocycles. The lowest BCUT2D eigenvalue weighted by Gasteiger charge is -2.07. The minimum absolute atomic E-state index is 0.0777. The van der Waals surface area contributed by atoms with Crippen LogP contribution in [0.2, 0.25) is 0 Å². The molecule has 0 saturated carbocycles. The Hall–Kier alpha value is -0.780. The van der Waals surface area contributed by atoms with Gasteiger partial charge in [0.15, 0.2) is 0 Å². The van der Waals surface area contributed by atoms with Crippen LogP contribution >= 0.6 is 22.6 Å². The zero-order valence-corrected chi connectivity index (χ0v) is 11.5. The molecule has 0 atom stereocenters. The number of para-hydroxylation sites is 1. The van der Waals surface area contributed by atoms with Crippen molar-refractivity contribution in [2.24, 2.45) is 0 Å². The largest absolute Gasteiger partial charge is 0.507 e. The number of amides is 1. The molecule has 0 spiro atoms. The highest BCUT2D eigenvalue weighted by Crippen LogP contribution is 2.20. The molecular weight excluding hydrogens is 317 g/mol. The lowest BCUT2D eigenvalue weighted by atomic mass is 10.1. The van der Waals surface area contributed by atoms with Crippen LogP contribution in [0.3, 0.4) is 0 Å². The highest BCUT2D eigenvalue weighted by Gasteiger charge is 2.11. The van der Waals surface area contributed by atoms with Crippen molar-refractivity contribution in [3.8, 4) is 5.75 Å². The van der Waals surface area contributed by atoms with E-state index in [2.05, 4.69) is 27.9 Å². The van der Waals surface area contributed by atoms with Crippen LogP contribution in [0.1, 0.15) is 28.8 Å². The number of phenolic OH excluding ortho intramolecular Hbond substituents is 1. The molecule has 0 aliphatic rings. The maximum atomic E-state index is 11.7. The minimum atomic E-state index is -0.199. The van der Waals surface area contributed by atoms with E-state index in [1.54, 1.807) is 25.1 Å². The summed E-state index contributed by atoms with van der Waals surface area (Å²) in [5.74, 6) is -0.122. The van der Waals surface area contributed by atoms with Gasteiger partial charge in [-0.15, -0.1) is 0 Å². The number of carbonyl (C=O) groups excluding carboxylic acids is 1. The Morgan fingerprint density at radius 2 is 2.19 bits per heavy atom. The van der Waals surface area contributed by atoms with Crippen LogP contribution in [-0.4, -0.2) is 22.0 Å². The van der Waals surface area contributed by atoms with Gasteiger partial charge in [-0.05, 0) is 35.8 Å². The number of hydrogen-bond acceptors (Lipinski definition) is 2. The Labute approximate surface area is 109 Å². The van der Waals surface area contributed by atoms with Gasteiger partial charge in [0.1, 0.15) is 5.75 Å². The van der Waals surface area contributed by atoms with E-state index >= 15 is 0 Å². The SMILES string of the molecule is Cc1cccc(C(=O)NCCCCI)c1O. The highest BCUT2D eigenvalue weighted by atomic mass is 127. The van der Waals surface area contributed by atoms with Crippen LogP contribution in [0.25, 0.3) is 0 Å². The summed E-state index contributed by atoms with van der Waals surface area (Å²) in [6.07, 6.45) is 2.07. The fourth-order valence-electron chi connectivity index (χ4n) is 1.36. The van der Waals surface area contributed by atoms with Gasteiger partial charge in [-0.1, -0.05) is 34.7 Å². The lowest BCUT2D eigenvalue weighted by molar-refractivity contribution is 0.0950. The number of rotatable bonds is 5. The number of unbranched alkanes of at least 4 members (excludes halogenated alkanes) is 1. The van der Waals surface area contributed by atoms with Crippen LogP contribution < -0.4 is 5.32 Å². The topological polar surface area (TPSA) is 49.3 Å². The van der Waals surface area contributed by atoms with Crippen molar-refractivity contribution in [2.75, 3.05) is 11.0 Å². The summed E-state index contributed by atoms with van der Waals surface area (Å²) in [4.78, 5) is 11.7. The smallest absolute Gasteiger partial charge is 0.255 e. The molecule has 2 N–H and O–H groups in total. The van der Waals surface area contributed by atoms with E-state index in [0.717, 1.165) is 22.8 Å². The fraction of sp³-hybridized carbons (Fsp3) is 0.417. The molecule has 0 aliphatic carbocycles. The van der Waals surface area contributed by atoms with Gasteiger partial charge < -0.3 is 10.4 Å². The molecule has 1 aromatic rings. The summed E-state index contributed by atoms with van der Waals surface area (Å²) < 4.78 is 1.10. The fourth-order valence-corrected chi connectivity index (χ4v) is 1.90. The first kappa shape index (κ1) is 13.3. The molecule has 0 heterocycles. The first-order valence-electron chi connectivity index (χ1n) is 5.29. The molecule has 1 amide bonds. The number of aryl methyl sites for hydroxylation is 1. The Kier molecular flexibility index (Phi) is 5.59. The van der Waals surface area contributed by atoms with Crippen molar-refractivity contribution in [2.45, 2.75) is 19.8 Å². The Morgan fingerprint density at radius 1 is 1.44 bits per heavy atom. The first-order valence-corrected chi connectivity index (χ1v) is 6.82. The van der Waals surface area contributed by atoms with Gasteiger partial charge in [-0.3, -0.25) is 4.79 Å². The predicted octanol–water partition coefficient (Wildman–Crippen LogP) is 2.65. The molecule has 88 valence electrons. The van der Waals surface area contributed by atoms with Gasteiger partial charge in [-0.2, -0.15) is 0 Å². The molecule has 3 nitrogen and oxygen atoms in total. The van der Waals surface area contributed by atoms with Crippen molar-refractivity contribution in [3.05, 3.63) is 29.3 Å². The normalized spacial score (nSPS) is 10.1. The third-order valence-electron chi connectivity index (χ3n) is 2.33. The van der Waals surface area contributed by atoms with Crippen LogP contribution in [0.4, 0.5) is 0 Å². The summed E-state index contributed by atoms with van der Waals surface area (Å²) in [5, 5.41) is 12.5. The van der Waals surface area contributed by atoms with Gasteiger partial charge in [0, 0.05) is 6.54 Å². The molecule has 0 fully saturated rings. The summed E-state index contributed by atoms with van der Waals surface area (Å²) in [6.45, 7) is 2.44. The molecule has 16 heavy (non-hydrogen) atoms. The van der Waals surface area contributed by atoms with E-state index in [0.29, 0.717) is 12.1 Å². The Balaban J connectivity index is 2.56. The second-order valence-electron chi connectivity index (χ2n) is 3.62. The highest BCUT2D eigenvalue weighted by molar-refractivity contribution is 14.1. The summed E-state index contributed by atoms with van der Waals surface area (Å²) >= 11 is 2.31. The maximum absolute atomic E-state index is 11.7. The van der Waals surface area contributed by atoms with Gasteiger partial charge >= 0.3 is 0 Å². The van der Waals surface area contributed by atoms with Crippen molar-refractivity contribution >= 4 is 28.5 Å². The van der Waals surface area contributed by atoms with E-state index in [4.69, 9.17) is 0 Å². The van der Waals surface area contributed by atoms with E-state index in [1.165, 1.54) is 0 Å². The second-order valence-corrected chi connectivity index (χ2v) is 4.70. The molecule has 0 radical (unpaired) electrons. The molecule has 1 aromatic carbocycles. The number of halogens is 1. The molecule has 0 aromatic heterocycles. The first-order chi connectivity index (χ1) is 7.66. The van der Waals surface area contributed by atoms with Crippen molar-refractivity contribution < 1.29 is 9.90 Å². The zero-order valence-electron chi connectivity index (χ0n) is 9.29. The third kappa shape index (κ3) is 3.66. The Morgan fingerprint density at radius 3 is 2.88 bits per heavy atom. The minimum Gasteiger partial charge on any atom is -0.507 e. The Bertz CT molecular complexity index is 366. The molecule has 1 rings (SSSR count). The number of carbonyl (C=O) groups is 1. The summed E-state index contributed by atoms with van der Waals surface area (Å²) in [5.41, 5.74) is 1.08. The van der Waals surface area contributed by atoms with Gasteiger partial charge in [0.2, 0.25) is 0 Å². The maximum Gasteiger partial charge on any atom is 0.255 e. The monoisotopic (exact) mass is 333 g/mol. The number of hydrogen-bond donors (Lipinski definition) is 2. The molecule has 4 heteroatoms. The number of nitrogens with one attached hydrogen (secondary N) is 1. The quantitative estimate of drug-likeness (QED) is 0.494. The van der Waals surface area contributed by atoms with Crippen molar-refractivity contribution in [1.29, 1.82) is 0 Å². The molecule has 0 unspecified atom stereocenters. The van der Waals surface area contributed by atoms with E-state index in [1.807, 2.05) is 0 Å². The number of benzene rings is 1. The summed E-state index contributed by atoms with van der Waals surface area (Å²) in [6, 6.07) is 5.19. The van der Waals surface area contributed by atoms with E-state index in [9.17, 15) is 9.90 Å². The van der Waals surface area contributed by atoms with Gasteiger partial charge in [-0.25, -0.2) is 0 Å². The van der Waals surface area contributed by atoms with Crippen LogP contribution in [0.15, 0.2) is 18.2 Å². The van der Waals surface area contributed by atoms with E-state index in [-0.39, 0.29) is 11.7 Å². The number of aromatic hydroxyl groups is 1. The third-order valence-corrected chi connectivity index (χ3v) is 3.09. The second kappa shape index (κ2) is 6.73. The van der Waals surface area contributed by atoms with Crippen molar-refractivity contribution in [3.63, 3.8) is 0 Å². The van der Waals surface area contributed by atoms with Gasteiger partial charge in [0.05, 0.1) is 5.56 Å². The van der Waals surface area contributed by atoms with Crippen LogP contribution in [0.5, 0.6) is 5.75 Å². The molecule has 0 bridgehead atoms. The van der Waals surface area contributed by atoms with Crippen molar-refractivity contribution in [1.82, 2.24) is 5.32 Å². The predicted molar refractivity (Wildman–Crippen MR) is 73.3 cm³/mol.